The molecule has 0 spiro atoms. The van der Waals surface area contributed by atoms with Crippen molar-refractivity contribution in [2.45, 2.75) is 43.3 Å². The smallest absolute Gasteiger partial charge is 0.238 e. The van der Waals surface area contributed by atoms with Crippen molar-refractivity contribution in [1.29, 1.82) is 0 Å². The van der Waals surface area contributed by atoms with E-state index < -0.39 is 5.25 Å². The van der Waals surface area contributed by atoms with Crippen LogP contribution in [0.15, 0.2) is 47.4 Å². The van der Waals surface area contributed by atoms with Crippen molar-refractivity contribution in [3.05, 3.63) is 42.5 Å². The lowest BCUT2D eigenvalue weighted by atomic mass is 10.2. The van der Waals surface area contributed by atoms with Crippen molar-refractivity contribution < 1.29 is 19.1 Å². The van der Waals surface area contributed by atoms with Gasteiger partial charge in [-0.15, -0.1) is 11.8 Å². The van der Waals surface area contributed by atoms with Crippen LogP contribution in [0.25, 0.3) is 0 Å². The number of rotatable bonds is 9. The van der Waals surface area contributed by atoms with E-state index >= 15 is 0 Å². The Labute approximate surface area is 175 Å². The van der Waals surface area contributed by atoms with Crippen LogP contribution in [-0.4, -0.2) is 30.3 Å². The number of anilines is 2. The first-order valence-corrected chi connectivity index (χ1v) is 10.7. The molecular formula is C22H26N2O4S. The molecule has 1 aliphatic heterocycles. The molecule has 154 valence electrons. The Balaban J connectivity index is 1.64. The number of fused-ring (bicyclic) bond motifs is 1. The molecular weight excluding hydrogens is 388 g/mol. The van der Waals surface area contributed by atoms with Crippen LogP contribution in [0.1, 0.15) is 33.1 Å². The first-order chi connectivity index (χ1) is 14.1. The summed E-state index contributed by atoms with van der Waals surface area (Å²) in [6.45, 7) is 5.24. The predicted molar refractivity (Wildman–Crippen MR) is 116 cm³/mol. The van der Waals surface area contributed by atoms with E-state index in [1.807, 2.05) is 38.1 Å². The van der Waals surface area contributed by atoms with Crippen molar-refractivity contribution in [1.82, 2.24) is 0 Å². The molecule has 0 saturated heterocycles. The monoisotopic (exact) mass is 414 g/mol. The molecule has 2 aromatic rings. The van der Waals surface area contributed by atoms with Crippen LogP contribution in [0.2, 0.25) is 0 Å². The molecule has 0 unspecified atom stereocenters. The van der Waals surface area contributed by atoms with Crippen LogP contribution in [-0.2, 0) is 9.59 Å². The Hall–Kier alpha value is -2.67. The summed E-state index contributed by atoms with van der Waals surface area (Å²) in [6, 6.07) is 12.9. The van der Waals surface area contributed by atoms with Gasteiger partial charge in [0.15, 0.2) is 11.5 Å². The number of para-hydroxylation sites is 1. The van der Waals surface area contributed by atoms with E-state index in [4.69, 9.17) is 9.47 Å². The second kappa shape index (κ2) is 10.2. The number of amides is 2. The van der Waals surface area contributed by atoms with Gasteiger partial charge in [-0.2, -0.15) is 0 Å². The molecule has 29 heavy (non-hydrogen) atoms. The SMILES string of the molecule is CCCOc1ccc(NC(=O)C[C@H]2Sc3ccccc3NC2=O)cc1OCCC. The fourth-order valence-corrected chi connectivity index (χ4v) is 3.96. The van der Waals surface area contributed by atoms with Crippen LogP contribution in [0.4, 0.5) is 11.4 Å². The van der Waals surface area contributed by atoms with Crippen LogP contribution in [0.5, 0.6) is 11.5 Å². The summed E-state index contributed by atoms with van der Waals surface area (Å²) in [6.07, 6.45) is 1.86. The number of thioether (sulfide) groups is 1. The fourth-order valence-electron chi connectivity index (χ4n) is 2.85. The maximum absolute atomic E-state index is 12.5. The van der Waals surface area contributed by atoms with E-state index in [-0.39, 0.29) is 18.2 Å². The topological polar surface area (TPSA) is 76.7 Å². The van der Waals surface area contributed by atoms with E-state index in [2.05, 4.69) is 10.6 Å². The maximum Gasteiger partial charge on any atom is 0.238 e. The van der Waals surface area contributed by atoms with Crippen LogP contribution < -0.4 is 20.1 Å². The normalized spacial score (nSPS) is 15.2. The standard InChI is InChI=1S/C22H26N2O4S/c1-3-11-27-17-10-9-15(13-18(17)28-12-4-2)23-21(25)14-20-22(26)24-16-7-5-6-8-19(16)29-20/h5-10,13,20H,3-4,11-12,14H2,1-2H3,(H,23,25)(H,24,26)/t20-/m1/s1. The fraction of sp³-hybridized carbons (Fsp3) is 0.364. The highest BCUT2D eigenvalue weighted by Gasteiger charge is 2.28. The van der Waals surface area contributed by atoms with Crippen LogP contribution >= 0.6 is 11.8 Å². The molecule has 0 radical (unpaired) electrons. The van der Waals surface area contributed by atoms with Gasteiger partial charge in [0.25, 0.3) is 0 Å². The van der Waals surface area contributed by atoms with Gasteiger partial charge >= 0.3 is 0 Å². The van der Waals surface area contributed by atoms with Gasteiger partial charge in [-0.3, -0.25) is 9.59 Å². The highest BCUT2D eigenvalue weighted by Crippen LogP contribution is 2.37. The van der Waals surface area contributed by atoms with Crippen LogP contribution in [0, 0.1) is 0 Å². The summed E-state index contributed by atoms with van der Waals surface area (Å²) in [4.78, 5) is 25.8. The van der Waals surface area contributed by atoms with E-state index in [1.165, 1.54) is 11.8 Å². The van der Waals surface area contributed by atoms with Gasteiger partial charge < -0.3 is 20.1 Å². The molecule has 1 aliphatic rings. The van der Waals surface area contributed by atoms with E-state index in [1.54, 1.807) is 18.2 Å². The van der Waals surface area contributed by atoms with Crippen molar-refractivity contribution in [2.75, 3.05) is 23.8 Å². The number of nitrogens with one attached hydrogen (secondary N) is 2. The number of hydrogen-bond acceptors (Lipinski definition) is 5. The first kappa shape index (κ1) is 21.0. The average Bonchev–Trinajstić information content (AvgIpc) is 2.72. The zero-order valence-electron chi connectivity index (χ0n) is 16.7. The Morgan fingerprint density at radius 2 is 1.79 bits per heavy atom. The van der Waals surface area contributed by atoms with Gasteiger partial charge in [0.05, 0.1) is 24.2 Å². The zero-order chi connectivity index (χ0) is 20.6. The molecule has 0 aromatic heterocycles. The van der Waals surface area contributed by atoms with Gasteiger partial charge in [-0.05, 0) is 37.1 Å². The molecule has 1 heterocycles. The minimum atomic E-state index is -0.465. The Bertz CT molecular complexity index is 872. The Morgan fingerprint density at radius 1 is 1.07 bits per heavy atom. The highest BCUT2D eigenvalue weighted by molar-refractivity contribution is 8.01. The molecule has 3 rings (SSSR count). The zero-order valence-corrected chi connectivity index (χ0v) is 17.5. The summed E-state index contributed by atoms with van der Waals surface area (Å²) in [7, 11) is 0. The summed E-state index contributed by atoms with van der Waals surface area (Å²) in [5.74, 6) is 0.897. The molecule has 0 aliphatic carbocycles. The molecule has 2 aromatic carbocycles. The molecule has 2 N–H and O–H groups in total. The van der Waals surface area contributed by atoms with Crippen molar-refractivity contribution in [3.8, 4) is 11.5 Å². The largest absolute Gasteiger partial charge is 0.490 e. The number of benzene rings is 2. The molecule has 0 fully saturated rings. The summed E-state index contributed by atoms with van der Waals surface area (Å²) in [5, 5.41) is 5.26. The lowest BCUT2D eigenvalue weighted by molar-refractivity contribution is -0.120. The molecule has 1 atom stereocenters. The third-order valence-corrected chi connectivity index (χ3v) is 5.50. The maximum atomic E-state index is 12.5. The molecule has 6 nitrogen and oxygen atoms in total. The third-order valence-electron chi connectivity index (χ3n) is 4.23. The second-order valence-corrected chi connectivity index (χ2v) is 7.95. The second-order valence-electron chi connectivity index (χ2n) is 6.70. The quantitative estimate of drug-likeness (QED) is 0.622. The number of carbonyl (C=O) groups is 2. The molecule has 0 bridgehead atoms. The van der Waals surface area contributed by atoms with Gasteiger partial charge in [-0.1, -0.05) is 26.0 Å². The van der Waals surface area contributed by atoms with Crippen molar-refractivity contribution >= 4 is 35.0 Å². The number of ether oxygens (including phenoxy) is 2. The Morgan fingerprint density at radius 3 is 2.55 bits per heavy atom. The molecule has 2 amide bonds. The van der Waals surface area contributed by atoms with Gasteiger partial charge in [-0.25, -0.2) is 0 Å². The minimum absolute atomic E-state index is 0.0874. The minimum Gasteiger partial charge on any atom is -0.490 e. The van der Waals surface area contributed by atoms with E-state index in [9.17, 15) is 9.59 Å². The molecule has 0 saturated carbocycles. The van der Waals surface area contributed by atoms with Crippen LogP contribution in [0.3, 0.4) is 0 Å². The van der Waals surface area contributed by atoms with Crippen molar-refractivity contribution in [3.63, 3.8) is 0 Å². The summed E-state index contributed by atoms with van der Waals surface area (Å²) < 4.78 is 11.5. The van der Waals surface area contributed by atoms with Gasteiger partial charge in [0.2, 0.25) is 11.8 Å². The van der Waals surface area contributed by atoms with E-state index in [0.29, 0.717) is 30.4 Å². The van der Waals surface area contributed by atoms with E-state index in [0.717, 1.165) is 23.4 Å². The third kappa shape index (κ3) is 5.67. The number of carbonyl (C=O) groups excluding carboxylic acids is 2. The summed E-state index contributed by atoms with van der Waals surface area (Å²) >= 11 is 1.41. The molecule has 7 heteroatoms. The summed E-state index contributed by atoms with van der Waals surface area (Å²) in [5.41, 5.74) is 1.41. The average molecular weight is 415 g/mol. The lowest BCUT2D eigenvalue weighted by Crippen LogP contribution is -2.32. The van der Waals surface area contributed by atoms with Gasteiger partial charge in [0, 0.05) is 23.1 Å². The lowest BCUT2D eigenvalue weighted by Gasteiger charge is -2.23. The highest BCUT2D eigenvalue weighted by atomic mass is 32.2. The van der Waals surface area contributed by atoms with Crippen molar-refractivity contribution in [2.24, 2.45) is 0 Å². The predicted octanol–water partition coefficient (Wildman–Crippen LogP) is 4.71. The number of hydrogen-bond donors (Lipinski definition) is 2. The Kier molecular flexibility index (Phi) is 7.41. The van der Waals surface area contributed by atoms with Gasteiger partial charge in [0.1, 0.15) is 0 Å². The first-order valence-electron chi connectivity index (χ1n) is 9.86.